The average Bonchev–Trinajstić information content (AvgIpc) is 3.06. The van der Waals surface area contributed by atoms with Crippen molar-refractivity contribution in [2.75, 3.05) is 5.32 Å². The van der Waals surface area contributed by atoms with Crippen LogP contribution >= 0.6 is 0 Å². The molecule has 0 amide bonds. The highest BCUT2D eigenvalue weighted by Crippen LogP contribution is 2.37. The number of anilines is 2. The second-order valence-corrected chi connectivity index (χ2v) is 6.59. The Morgan fingerprint density at radius 1 is 1.03 bits per heavy atom. The van der Waals surface area contributed by atoms with Crippen LogP contribution in [0.3, 0.4) is 0 Å². The number of rotatable bonds is 3. The third-order valence-electron chi connectivity index (χ3n) is 4.68. The van der Waals surface area contributed by atoms with Gasteiger partial charge in [-0.25, -0.2) is 9.37 Å². The summed E-state index contributed by atoms with van der Waals surface area (Å²) in [5.74, 6) is 0.233. The van der Waals surface area contributed by atoms with Crippen LogP contribution in [0.15, 0.2) is 36.4 Å². The number of H-pyrrole nitrogens is 1. The van der Waals surface area contributed by atoms with Crippen molar-refractivity contribution in [2.24, 2.45) is 0 Å². The average molecular weight is 398 g/mol. The lowest BCUT2D eigenvalue weighted by Crippen LogP contribution is -2.08. The number of benzene rings is 1. The van der Waals surface area contributed by atoms with Crippen molar-refractivity contribution in [3.63, 3.8) is 0 Å². The van der Waals surface area contributed by atoms with Crippen LogP contribution in [0.4, 0.5) is 29.2 Å². The van der Waals surface area contributed by atoms with Crippen molar-refractivity contribution in [3.8, 4) is 11.3 Å². The van der Waals surface area contributed by atoms with E-state index in [2.05, 4.69) is 32.6 Å². The summed E-state index contributed by atoms with van der Waals surface area (Å²) in [6, 6.07) is 12.7. The molecule has 29 heavy (non-hydrogen) atoms. The maximum absolute atomic E-state index is 13.6. The molecular formula is C21H14F4N4. The van der Waals surface area contributed by atoms with Crippen LogP contribution in [0.1, 0.15) is 16.7 Å². The van der Waals surface area contributed by atoms with E-state index < -0.39 is 17.6 Å². The number of nitrogens with one attached hydrogen (secondary N) is 2. The third kappa shape index (κ3) is 3.47. The molecule has 0 aliphatic heterocycles. The molecule has 2 heterocycles. The normalized spacial score (nSPS) is 11.5. The monoisotopic (exact) mass is 398 g/mol. The van der Waals surface area contributed by atoms with E-state index in [0.29, 0.717) is 22.5 Å². The number of aromatic amines is 1. The van der Waals surface area contributed by atoms with Crippen LogP contribution in [0.5, 0.6) is 0 Å². The molecule has 2 aromatic heterocycles. The van der Waals surface area contributed by atoms with E-state index in [0.717, 1.165) is 17.2 Å². The fourth-order valence-electron chi connectivity index (χ4n) is 3.02. The maximum atomic E-state index is 13.6. The van der Waals surface area contributed by atoms with Gasteiger partial charge in [-0.15, -0.1) is 0 Å². The summed E-state index contributed by atoms with van der Waals surface area (Å²) >= 11 is 0. The Bertz CT molecular complexity index is 1210. The van der Waals surface area contributed by atoms with E-state index in [-0.39, 0.29) is 11.3 Å². The van der Waals surface area contributed by atoms with Crippen LogP contribution in [-0.2, 0) is 6.18 Å². The second kappa shape index (κ2) is 6.78. The molecule has 0 bridgehead atoms. The number of aryl methyl sites for hydroxylation is 1. The highest BCUT2D eigenvalue weighted by atomic mass is 19.4. The lowest BCUT2D eigenvalue weighted by atomic mass is 10.0. The van der Waals surface area contributed by atoms with E-state index >= 15 is 0 Å². The zero-order valence-corrected chi connectivity index (χ0v) is 15.4. The number of aromatic nitrogens is 3. The first-order valence-electron chi connectivity index (χ1n) is 8.62. The number of halogens is 4. The number of fused-ring (bicyclic) bond motifs is 1. The molecule has 0 fully saturated rings. The van der Waals surface area contributed by atoms with Crippen LogP contribution in [0.2, 0.25) is 0 Å². The summed E-state index contributed by atoms with van der Waals surface area (Å²) < 4.78 is 53.8. The zero-order valence-electron chi connectivity index (χ0n) is 15.4. The first-order valence-corrected chi connectivity index (χ1v) is 8.62. The Labute approximate surface area is 163 Å². The van der Waals surface area contributed by atoms with E-state index in [1.54, 1.807) is 26.0 Å². The van der Waals surface area contributed by atoms with Gasteiger partial charge in [0.1, 0.15) is 11.6 Å². The van der Waals surface area contributed by atoms with Crippen LogP contribution in [0.25, 0.3) is 22.2 Å². The van der Waals surface area contributed by atoms with E-state index in [9.17, 15) is 17.6 Å². The van der Waals surface area contributed by atoms with Gasteiger partial charge in [0, 0.05) is 17.0 Å². The molecule has 0 radical (unpaired) electrons. The van der Waals surface area contributed by atoms with Crippen molar-refractivity contribution in [2.45, 2.75) is 20.0 Å². The predicted octanol–water partition coefficient (Wildman–Crippen LogP) is 5.74. The minimum Gasteiger partial charge on any atom is -0.323 e. The van der Waals surface area contributed by atoms with Gasteiger partial charge in [-0.05, 0) is 55.3 Å². The van der Waals surface area contributed by atoms with Crippen LogP contribution in [0, 0.1) is 31.8 Å². The fraction of sp³-hybridized carbons (Fsp3) is 0.143. The van der Waals surface area contributed by atoms with Gasteiger partial charge in [0.15, 0.2) is 5.82 Å². The summed E-state index contributed by atoms with van der Waals surface area (Å²) in [4.78, 5) is 4.39. The minimum absolute atomic E-state index is 0.0969. The molecular weight excluding hydrogens is 384 g/mol. The topological polar surface area (TPSA) is 53.6 Å². The van der Waals surface area contributed by atoms with Crippen molar-refractivity contribution in [1.82, 2.24) is 15.2 Å². The van der Waals surface area contributed by atoms with Crippen LogP contribution in [-0.4, -0.2) is 15.2 Å². The quantitative estimate of drug-likeness (QED) is 0.433. The number of alkyl halides is 3. The van der Waals surface area contributed by atoms with Crippen LogP contribution < -0.4 is 5.32 Å². The van der Waals surface area contributed by atoms with E-state index in [1.165, 1.54) is 18.2 Å². The first kappa shape index (κ1) is 18.7. The molecule has 146 valence electrons. The largest absolute Gasteiger partial charge is 0.417 e. The van der Waals surface area contributed by atoms with Gasteiger partial charge in [0.05, 0.1) is 16.8 Å². The minimum atomic E-state index is -4.55. The van der Waals surface area contributed by atoms with Gasteiger partial charge >= 0.3 is 6.18 Å². The van der Waals surface area contributed by atoms with E-state index in [4.69, 9.17) is 0 Å². The van der Waals surface area contributed by atoms with Gasteiger partial charge in [0.25, 0.3) is 0 Å². The third-order valence-corrected chi connectivity index (χ3v) is 4.68. The molecule has 4 rings (SSSR count). The molecule has 0 atom stereocenters. The smallest absolute Gasteiger partial charge is 0.323 e. The highest BCUT2D eigenvalue weighted by Gasteiger charge is 2.34. The summed E-state index contributed by atoms with van der Waals surface area (Å²) in [7, 11) is 0. The number of pyridine rings is 1. The van der Waals surface area contributed by atoms with Crippen molar-refractivity contribution >= 4 is 22.5 Å². The van der Waals surface area contributed by atoms with Gasteiger partial charge in [0.2, 0.25) is 0 Å². The maximum Gasteiger partial charge on any atom is 0.417 e. The summed E-state index contributed by atoms with van der Waals surface area (Å²) in [5, 5.41) is 10.4. The Morgan fingerprint density at radius 3 is 2.55 bits per heavy atom. The molecule has 4 aromatic rings. The second-order valence-electron chi connectivity index (χ2n) is 6.59. The van der Waals surface area contributed by atoms with Gasteiger partial charge in [-0.1, -0.05) is 12.1 Å². The van der Waals surface area contributed by atoms with Crippen molar-refractivity contribution < 1.29 is 17.6 Å². The molecule has 8 heteroatoms. The van der Waals surface area contributed by atoms with E-state index in [1.807, 2.05) is 0 Å². The Hall–Kier alpha value is -3.60. The van der Waals surface area contributed by atoms with Crippen molar-refractivity contribution in [3.05, 3.63) is 71.0 Å². The summed E-state index contributed by atoms with van der Waals surface area (Å²) in [6.07, 6.45) is -4.55. The standard InChI is InChI=1S/C21H14F4N4/c1-11-9-18(14-5-3-4-6-16(14)21(23,24)25)26-19(12(11)2)27-20-15-10-13(22)7-8-17(15)28-29-20/h5-10H,1-2H3,(H2,26,27,28,29). The molecule has 4 nitrogen and oxygen atoms in total. The molecule has 0 saturated heterocycles. The highest BCUT2D eigenvalue weighted by molar-refractivity contribution is 5.91. The Balaban J connectivity index is 1.83. The molecule has 0 saturated carbocycles. The fourth-order valence-corrected chi connectivity index (χ4v) is 3.02. The molecule has 2 N–H and O–H groups in total. The molecule has 0 aliphatic rings. The van der Waals surface area contributed by atoms with Crippen molar-refractivity contribution in [1.29, 1.82) is 0 Å². The van der Waals surface area contributed by atoms with Gasteiger partial charge < -0.3 is 5.32 Å². The van der Waals surface area contributed by atoms with Gasteiger partial charge in [-0.2, -0.15) is 18.3 Å². The van der Waals surface area contributed by atoms with Gasteiger partial charge in [-0.3, -0.25) is 5.10 Å². The Kier molecular flexibility index (Phi) is 4.38. The number of hydrogen-bond donors (Lipinski definition) is 2. The molecule has 0 aliphatic carbocycles. The number of nitrogens with zero attached hydrogens (tertiary/aromatic N) is 2. The number of hydrogen-bond acceptors (Lipinski definition) is 3. The summed E-state index contributed by atoms with van der Waals surface area (Å²) in [5.41, 5.74) is 1.29. The lowest BCUT2D eigenvalue weighted by Gasteiger charge is -2.15. The lowest BCUT2D eigenvalue weighted by molar-refractivity contribution is -0.137. The SMILES string of the molecule is Cc1cc(-c2cc#ccc2C(F)(F)F)nc(Nc2n[nH]c3ccc(F)cc23)c1C. The molecule has 0 unspecified atom stereocenters. The summed E-state index contributed by atoms with van der Waals surface area (Å²) in [6.45, 7) is 3.57. The zero-order chi connectivity index (χ0) is 20.8. The molecule has 0 spiro atoms. The molecule has 2 aromatic carbocycles. The Morgan fingerprint density at radius 2 is 1.79 bits per heavy atom. The predicted molar refractivity (Wildman–Crippen MR) is 101 cm³/mol. The first-order chi connectivity index (χ1) is 13.7.